The van der Waals surface area contributed by atoms with Crippen molar-refractivity contribution in [2.24, 2.45) is 0 Å². The molecule has 1 aromatic carbocycles. The number of rotatable bonds is 4. The van der Waals surface area contributed by atoms with Gasteiger partial charge in [-0.05, 0) is 44.8 Å². The lowest BCUT2D eigenvalue weighted by Crippen LogP contribution is -2.40. The van der Waals surface area contributed by atoms with Crippen LogP contribution in [0.2, 0.25) is 0 Å². The monoisotopic (exact) mass is 314 g/mol. The summed E-state index contributed by atoms with van der Waals surface area (Å²) in [4.78, 5) is 32.0. The second kappa shape index (κ2) is 7.19. The van der Waals surface area contributed by atoms with E-state index in [-0.39, 0.29) is 0 Å². The first kappa shape index (κ1) is 16.9. The molecule has 122 valence electrons. The third-order valence-electron chi connectivity index (χ3n) is 3.52. The number of likely N-dealkylation sites (N-methyl/N-ethyl adjacent to an activating group) is 2. The second-order valence-corrected chi connectivity index (χ2v) is 5.87. The molecule has 0 aliphatic rings. The Bertz CT molecular complexity index is 728. The van der Waals surface area contributed by atoms with Crippen molar-refractivity contribution in [1.29, 1.82) is 0 Å². The lowest BCUT2D eigenvalue weighted by molar-refractivity contribution is -0.142. The fourth-order valence-electron chi connectivity index (χ4n) is 2.24. The van der Waals surface area contributed by atoms with Crippen LogP contribution in [0.5, 0.6) is 0 Å². The van der Waals surface area contributed by atoms with Gasteiger partial charge in [0.15, 0.2) is 0 Å². The summed E-state index contributed by atoms with van der Waals surface area (Å²) in [5, 5.41) is 3.61. The Balaban J connectivity index is 2.15. The average Bonchev–Trinajstić information content (AvgIpc) is 2.51. The number of anilines is 1. The quantitative estimate of drug-likeness (QED) is 0.869. The summed E-state index contributed by atoms with van der Waals surface area (Å²) < 4.78 is 0. The Hall–Kier alpha value is -2.47. The van der Waals surface area contributed by atoms with E-state index in [1.54, 1.807) is 13.2 Å². The molecule has 0 fully saturated rings. The molecule has 1 heterocycles. The number of carbonyl (C=O) groups excluding carboxylic acids is 2. The van der Waals surface area contributed by atoms with Crippen molar-refractivity contribution in [2.45, 2.75) is 6.92 Å². The van der Waals surface area contributed by atoms with E-state index in [1.807, 2.05) is 50.2 Å². The van der Waals surface area contributed by atoms with Crippen molar-refractivity contribution in [3.8, 4) is 0 Å². The largest absolute Gasteiger partial charge is 0.336 e. The highest BCUT2D eigenvalue weighted by molar-refractivity contribution is 6.40. The van der Waals surface area contributed by atoms with E-state index < -0.39 is 11.8 Å². The molecule has 0 bridgehead atoms. The molecule has 1 N–H and O–H groups in total. The van der Waals surface area contributed by atoms with E-state index in [9.17, 15) is 9.59 Å². The third-order valence-corrected chi connectivity index (χ3v) is 3.52. The number of pyridine rings is 1. The lowest BCUT2D eigenvalue weighted by atomic mass is 10.1. The van der Waals surface area contributed by atoms with E-state index in [0.717, 1.165) is 10.9 Å². The van der Waals surface area contributed by atoms with Gasteiger partial charge < -0.3 is 15.1 Å². The fourth-order valence-corrected chi connectivity index (χ4v) is 2.24. The van der Waals surface area contributed by atoms with Gasteiger partial charge in [0.1, 0.15) is 0 Å². The fraction of sp³-hybridized carbons (Fsp3) is 0.353. The zero-order valence-corrected chi connectivity index (χ0v) is 14.0. The zero-order valence-electron chi connectivity index (χ0n) is 14.0. The molecule has 0 atom stereocenters. The minimum absolute atomic E-state index is 0.492. The van der Waals surface area contributed by atoms with Crippen LogP contribution in [-0.2, 0) is 9.59 Å². The van der Waals surface area contributed by atoms with Gasteiger partial charge in [0.2, 0.25) is 0 Å². The summed E-state index contributed by atoms with van der Waals surface area (Å²) in [6, 6.07) is 7.58. The Morgan fingerprint density at radius 3 is 2.61 bits per heavy atom. The van der Waals surface area contributed by atoms with Crippen LogP contribution in [0, 0.1) is 6.92 Å². The number of fused-ring (bicyclic) bond motifs is 1. The van der Waals surface area contributed by atoms with Gasteiger partial charge in [-0.15, -0.1) is 0 Å². The van der Waals surface area contributed by atoms with Crippen LogP contribution in [0.1, 0.15) is 5.56 Å². The van der Waals surface area contributed by atoms with Crippen LogP contribution in [0.3, 0.4) is 0 Å². The van der Waals surface area contributed by atoms with Gasteiger partial charge in [0, 0.05) is 31.7 Å². The number of hydrogen-bond donors (Lipinski definition) is 1. The number of benzene rings is 1. The first-order chi connectivity index (χ1) is 10.9. The Morgan fingerprint density at radius 2 is 1.91 bits per heavy atom. The number of aryl methyl sites for hydroxylation is 1. The topological polar surface area (TPSA) is 65.5 Å². The highest BCUT2D eigenvalue weighted by Crippen LogP contribution is 2.23. The van der Waals surface area contributed by atoms with Gasteiger partial charge in [-0.25, -0.2) is 0 Å². The molecule has 0 radical (unpaired) electrons. The van der Waals surface area contributed by atoms with Crippen molar-refractivity contribution >= 4 is 28.4 Å². The molecule has 2 aromatic rings. The summed E-state index contributed by atoms with van der Waals surface area (Å²) in [7, 11) is 5.46. The van der Waals surface area contributed by atoms with Crippen LogP contribution in [-0.4, -0.2) is 60.8 Å². The van der Waals surface area contributed by atoms with Crippen molar-refractivity contribution in [3.63, 3.8) is 0 Å². The number of nitrogens with zero attached hydrogens (tertiary/aromatic N) is 3. The molecule has 0 aliphatic heterocycles. The molecule has 6 nitrogen and oxygen atoms in total. The molecule has 6 heteroatoms. The maximum Gasteiger partial charge on any atom is 0.313 e. The van der Waals surface area contributed by atoms with Crippen LogP contribution < -0.4 is 5.32 Å². The van der Waals surface area contributed by atoms with Gasteiger partial charge in [-0.2, -0.15) is 0 Å². The Morgan fingerprint density at radius 1 is 1.17 bits per heavy atom. The highest BCUT2D eigenvalue weighted by atomic mass is 16.2. The van der Waals surface area contributed by atoms with E-state index in [4.69, 9.17) is 0 Å². The van der Waals surface area contributed by atoms with E-state index in [2.05, 4.69) is 10.3 Å². The molecule has 2 amide bonds. The summed E-state index contributed by atoms with van der Waals surface area (Å²) in [6.07, 6.45) is 1.67. The highest BCUT2D eigenvalue weighted by Gasteiger charge is 2.19. The molecule has 0 saturated heterocycles. The molecule has 23 heavy (non-hydrogen) atoms. The summed E-state index contributed by atoms with van der Waals surface area (Å²) in [5.74, 6) is -1.21. The van der Waals surface area contributed by atoms with Crippen LogP contribution in [0.15, 0.2) is 30.5 Å². The molecular weight excluding hydrogens is 292 g/mol. The molecule has 0 spiro atoms. The summed E-state index contributed by atoms with van der Waals surface area (Å²) in [6.45, 7) is 3.13. The Kier molecular flexibility index (Phi) is 5.28. The SMILES string of the molecule is Cc1cc(NC(=O)C(=O)N(C)CCN(C)C)c2ncccc2c1. The number of carbonyl (C=O) groups is 2. The van der Waals surface area contributed by atoms with Gasteiger partial charge in [-0.3, -0.25) is 14.6 Å². The van der Waals surface area contributed by atoms with E-state index >= 15 is 0 Å². The average molecular weight is 314 g/mol. The lowest BCUT2D eigenvalue weighted by Gasteiger charge is -2.19. The summed E-state index contributed by atoms with van der Waals surface area (Å²) >= 11 is 0. The zero-order chi connectivity index (χ0) is 17.0. The maximum atomic E-state index is 12.2. The van der Waals surface area contributed by atoms with Crippen molar-refractivity contribution in [3.05, 3.63) is 36.0 Å². The maximum absolute atomic E-state index is 12.2. The minimum Gasteiger partial charge on any atom is -0.336 e. The van der Waals surface area contributed by atoms with Crippen molar-refractivity contribution in [2.75, 3.05) is 39.5 Å². The van der Waals surface area contributed by atoms with Gasteiger partial charge in [-0.1, -0.05) is 6.07 Å². The van der Waals surface area contributed by atoms with E-state index in [0.29, 0.717) is 24.3 Å². The number of aromatic nitrogens is 1. The van der Waals surface area contributed by atoms with Crippen LogP contribution in [0.4, 0.5) is 5.69 Å². The molecule has 1 aromatic heterocycles. The van der Waals surface area contributed by atoms with Crippen molar-refractivity contribution < 1.29 is 9.59 Å². The first-order valence-corrected chi connectivity index (χ1v) is 7.45. The number of hydrogen-bond acceptors (Lipinski definition) is 4. The number of nitrogens with one attached hydrogen (secondary N) is 1. The van der Waals surface area contributed by atoms with Crippen LogP contribution >= 0.6 is 0 Å². The predicted octanol–water partition coefficient (Wildman–Crippen LogP) is 1.50. The predicted molar refractivity (Wildman–Crippen MR) is 91.3 cm³/mol. The second-order valence-electron chi connectivity index (χ2n) is 5.87. The van der Waals surface area contributed by atoms with Gasteiger partial charge in [0.25, 0.3) is 0 Å². The smallest absolute Gasteiger partial charge is 0.313 e. The molecule has 0 unspecified atom stereocenters. The summed E-state index contributed by atoms with van der Waals surface area (Å²) in [5.41, 5.74) is 2.23. The number of amides is 2. The van der Waals surface area contributed by atoms with Crippen LogP contribution in [0.25, 0.3) is 10.9 Å². The Labute approximate surface area is 136 Å². The third kappa shape index (κ3) is 4.26. The van der Waals surface area contributed by atoms with Gasteiger partial charge >= 0.3 is 11.8 Å². The minimum atomic E-state index is -0.649. The molecular formula is C17H22N4O2. The van der Waals surface area contributed by atoms with Crippen molar-refractivity contribution in [1.82, 2.24) is 14.8 Å². The first-order valence-electron chi connectivity index (χ1n) is 7.45. The molecule has 0 saturated carbocycles. The van der Waals surface area contributed by atoms with Gasteiger partial charge in [0.05, 0.1) is 11.2 Å². The van der Waals surface area contributed by atoms with E-state index in [1.165, 1.54) is 4.90 Å². The molecule has 2 rings (SSSR count). The standard InChI is InChI=1S/C17H22N4O2/c1-12-10-13-6-5-7-18-15(13)14(11-12)19-16(22)17(23)21(4)9-8-20(2)3/h5-7,10-11H,8-9H2,1-4H3,(H,19,22). The molecule has 0 aliphatic carbocycles. The normalized spacial score (nSPS) is 10.8.